The number of aromatic nitrogens is 1. The summed E-state index contributed by atoms with van der Waals surface area (Å²) in [6, 6.07) is 12.8. The fourth-order valence-electron chi connectivity index (χ4n) is 3.01. The number of benzene rings is 1. The number of hydrogen-bond donors (Lipinski definition) is 0. The van der Waals surface area contributed by atoms with E-state index in [0.29, 0.717) is 24.7 Å². The zero-order valence-corrected chi connectivity index (χ0v) is 16.9. The van der Waals surface area contributed by atoms with Crippen LogP contribution in [0.5, 0.6) is 0 Å². The first-order valence-electron chi connectivity index (χ1n) is 8.97. The van der Waals surface area contributed by atoms with E-state index in [1.807, 2.05) is 37.3 Å². The van der Waals surface area contributed by atoms with E-state index in [9.17, 15) is 13.2 Å². The molecule has 1 aliphatic rings. The summed E-state index contributed by atoms with van der Waals surface area (Å²) in [5, 5.41) is 0.632. The van der Waals surface area contributed by atoms with E-state index in [1.54, 1.807) is 17.0 Å². The average molecular weight is 406 g/mol. The van der Waals surface area contributed by atoms with E-state index in [4.69, 9.17) is 0 Å². The molecular weight excluding hydrogens is 382 g/mol. The molecule has 2 heterocycles. The van der Waals surface area contributed by atoms with E-state index < -0.39 is 10.0 Å². The van der Waals surface area contributed by atoms with Gasteiger partial charge in [-0.1, -0.05) is 30.0 Å². The van der Waals surface area contributed by atoms with Gasteiger partial charge in [-0.25, -0.2) is 13.4 Å². The second-order valence-corrected chi connectivity index (χ2v) is 9.14. The number of rotatable bonds is 7. The minimum Gasteiger partial charge on any atom is -0.312 e. The van der Waals surface area contributed by atoms with Gasteiger partial charge in [0.25, 0.3) is 0 Å². The molecule has 1 aromatic heterocycles. The van der Waals surface area contributed by atoms with Crippen molar-refractivity contribution in [1.29, 1.82) is 0 Å². The lowest BCUT2D eigenvalue weighted by Crippen LogP contribution is -2.32. The summed E-state index contributed by atoms with van der Waals surface area (Å²) in [4.78, 5) is 18.7. The van der Waals surface area contributed by atoms with Crippen LogP contribution in [0, 0.1) is 0 Å². The Morgan fingerprint density at radius 3 is 2.44 bits per heavy atom. The molecule has 0 radical (unpaired) electrons. The molecule has 1 fully saturated rings. The van der Waals surface area contributed by atoms with Gasteiger partial charge in [0.2, 0.25) is 15.9 Å². The molecule has 8 heteroatoms. The van der Waals surface area contributed by atoms with E-state index in [0.717, 1.165) is 18.5 Å². The lowest BCUT2D eigenvalue weighted by molar-refractivity contribution is -0.116. The molecule has 0 saturated carbocycles. The Morgan fingerprint density at radius 2 is 1.85 bits per heavy atom. The van der Waals surface area contributed by atoms with Crippen molar-refractivity contribution in [2.24, 2.45) is 0 Å². The summed E-state index contributed by atoms with van der Waals surface area (Å²) in [6.07, 6.45) is 3.19. The number of hydrogen-bond acceptors (Lipinski definition) is 5. The number of para-hydroxylation sites is 1. The van der Waals surface area contributed by atoms with Crippen LogP contribution in [0.25, 0.3) is 0 Å². The summed E-state index contributed by atoms with van der Waals surface area (Å²) in [5.74, 6) is 0.234. The van der Waals surface area contributed by atoms with Crippen LogP contribution in [-0.4, -0.2) is 49.0 Å². The first-order chi connectivity index (χ1) is 13.0. The molecule has 0 atom stereocenters. The summed E-state index contributed by atoms with van der Waals surface area (Å²) >= 11 is 1.31. The highest BCUT2D eigenvalue weighted by molar-refractivity contribution is 7.99. The fraction of sp³-hybridized carbons (Fsp3) is 0.368. The first-order valence-corrected chi connectivity index (χ1v) is 11.4. The predicted octanol–water partition coefficient (Wildman–Crippen LogP) is 3.01. The summed E-state index contributed by atoms with van der Waals surface area (Å²) in [7, 11) is -3.45. The number of carbonyl (C=O) groups excluding carboxylic acids is 1. The highest BCUT2D eigenvalue weighted by atomic mass is 32.2. The van der Waals surface area contributed by atoms with Gasteiger partial charge in [-0.2, -0.15) is 4.31 Å². The molecule has 1 saturated heterocycles. The number of carbonyl (C=O) groups is 1. The van der Waals surface area contributed by atoms with Crippen LogP contribution in [-0.2, 0) is 14.8 Å². The van der Waals surface area contributed by atoms with Crippen molar-refractivity contribution in [2.45, 2.75) is 29.7 Å². The molecule has 0 aliphatic carbocycles. The van der Waals surface area contributed by atoms with Gasteiger partial charge in [-0.3, -0.25) is 4.79 Å². The Hall–Kier alpha value is -1.90. The summed E-state index contributed by atoms with van der Waals surface area (Å²) in [5.41, 5.74) is 0.866. The molecule has 2 aromatic rings. The van der Waals surface area contributed by atoms with Gasteiger partial charge >= 0.3 is 0 Å². The zero-order valence-electron chi connectivity index (χ0n) is 15.2. The van der Waals surface area contributed by atoms with E-state index in [-0.39, 0.29) is 16.6 Å². The van der Waals surface area contributed by atoms with Crippen LogP contribution < -0.4 is 4.90 Å². The Kier molecular flexibility index (Phi) is 6.51. The average Bonchev–Trinajstić information content (AvgIpc) is 3.24. The summed E-state index contributed by atoms with van der Waals surface area (Å²) < 4.78 is 26.5. The maximum Gasteiger partial charge on any atom is 0.244 e. The normalized spacial score (nSPS) is 15.0. The molecule has 1 amide bonds. The Bertz CT molecular complexity index is 865. The first kappa shape index (κ1) is 19.9. The molecule has 0 N–H and O–H groups in total. The fourth-order valence-corrected chi connectivity index (χ4v) is 5.19. The molecule has 0 bridgehead atoms. The summed E-state index contributed by atoms with van der Waals surface area (Å²) in [6.45, 7) is 3.66. The van der Waals surface area contributed by atoms with Gasteiger partial charge in [-0.05, 0) is 44.0 Å². The van der Waals surface area contributed by atoms with Gasteiger partial charge in [0.05, 0.1) is 10.8 Å². The quantitative estimate of drug-likeness (QED) is 0.662. The molecule has 6 nitrogen and oxygen atoms in total. The number of sulfonamides is 1. The Balaban J connectivity index is 1.62. The Labute approximate surface area is 164 Å². The van der Waals surface area contributed by atoms with Gasteiger partial charge in [0.15, 0.2) is 0 Å². The third-order valence-electron chi connectivity index (χ3n) is 4.44. The molecule has 0 unspecified atom stereocenters. The highest BCUT2D eigenvalue weighted by Gasteiger charge is 2.27. The van der Waals surface area contributed by atoms with Crippen molar-refractivity contribution in [1.82, 2.24) is 9.29 Å². The van der Waals surface area contributed by atoms with Crippen molar-refractivity contribution < 1.29 is 13.2 Å². The maximum atomic E-state index is 12.5. The number of thioether (sulfide) groups is 1. The van der Waals surface area contributed by atoms with Crippen molar-refractivity contribution in [3.63, 3.8) is 0 Å². The second-order valence-electron chi connectivity index (χ2n) is 6.21. The standard InChI is InChI=1S/C19H23N3O3S2/c1-2-22(16-8-4-3-5-9-16)19(23)15-26-18-11-10-17(14-20-18)27(24,25)21-12-6-7-13-21/h3-5,8-11,14H,2,6-7,12-13,15H2,1H3. The largest absolute Gasteiger partial charge is 0.312 e. The van der Waals surface area contributed by atoms with Crippen molar-refractivity contribution in [3.05, 3.63) is 48.7 Å². The van der Waals surface area contributed by atoms with E-state index >= 15 is 0 Å². The van der Waals surface area contributed by atoms with Crippen LogP contribution in [0.15, 0.2) is 58.6 Å². The third-order valence-corrected chi connectivity index (χ3v) is 7.25. The molecule has 3 rings (SSSR count). The van der Waals surface area contributed by atoms with Crippen LogP contribution in [0.3, 0.4) is 0 Å². The van der Waals surface area contributed by atoms with Crippen LogP contribution in [0.4, 0.5) is 5.69 Å². The Morgan fingerprint density at radius 1 is 1.15 bits per heavy atom. The highest BCUT2D eigenvalue weighted by Crippen LogP contribution is 2.23. The minimum atomic E-state index is -3.45. The van der Waals surface area contributed by atoms with E-state index in [1.165, 1.54) is 22.3 Å². The second kappa shape index (κ2) is 8.86. The third kappa shape index (κ3) is 4.69. The number of pyridine rings is 1. The topological polar surface area (TPSA) is 70.6 Å². The van der Waals surface area contributed by atoms with Crippen LogP contribution in [0.1, 0.15) is 19.8 Å². The molecule has 144 valence electrons. The maximum absolute atomic E-state index is 12.5. The lowest BCUT2D eigenvalue weighted by atomic mass is 10.3. The lowest BCUT2D eigenvalue weighted by Gasteiger charge is -2.20. The van der Waals surface area contributed by atoms with Crippen molar-refractivity contribution in [3.8, 4) is 0 Å². The SMILES string of the molecule is CCN(C(=O)CSc1ccc(S(=O)(=O)N2CCCC2)cn1)c1ccccc1. The smallest absolute Gasteiger partial charge is 0.244 e. The van der Waals surface area contributed by atoms with Crippen LogP contribution in [0.2, 0.25) is 0 Å². The zero-order chi connectivity index (χ0) is 19.3. The van der Waals surface area contributed by atoms with Crippen molar-refractivity contribution >= 4 is 33.4 Å². The van der Waals surface area contributed by atoms with Gasteiger partial charge in [-0.15, -0.1) is 0 Å². The molecule has 0 spiro atoms. The number of amides is 1. The number of anilines is 1. The minimum absolute atomic E-state index is 0.00994. The van der Waals surface area contributed by atoms with Gasteiger partial charge in [0, 0.05) is 31.5 Å². The molecule has 27 heavy (non-hydrogen) atoms. The molecular formula is C19H23N3O3S2. The molecule has 1 aliphatic heterocycles. The monoisotopic (exact) mass is 405 g/mol. The van der Waals surface area contributed by atoms with Crippen LogP contribution >= 0.6 is 11.8 Å². The van der Waals surface area contributed by atoms with Gasteiger partial charge < -0.3 is 4.90 Å². The van der Waals surface area contributed by atoms with Gasteiger partial charge in [0.1, 0.15) is 4.90 Å². The molecule has 1 aromatic carbocycles. The van der Waals surface area contributed by atoms with Crippen molar-refractivity contribution in [2.75, 3.05) is 30.3 Å². The predicted molar refractivity (Wildman–Crippen MR) is 107 cm³/mol. The van der Waals surface area contributed by atoms with E-state index in [2.05, 4.69) is 4.98 Å². The number of nitrogens with zero attached hydrogens (tertiary/aromatic N) is 3.